The summed E-state index contributed by atoms with van der Waals surface area (Å²) in [6.45, 7) is 2.15. The molecular weight excluding hydrogens is 428 g/mol. The average molecular weight is 447 g/mol. The molecule has 140 valence electrons. The van der Waals surface area contributed by atoms with Gasteiger partial charge in [-0.15, -0.1) is 0 Å². The van der Waals surface area contributed by atoms with Crippen molar-refractivity contribution in [2.24, 2.45) is 0 Å². The van der Waals surface area contributed by atoms with Crippen LogP contribution in [-0.4, -0.2) is 32.3 Å². The summed E-state index contributed by atoms with van der Waals surface area (Å²) in [5.74, 6) is -0.0244. The number of halogens is 1. The van der Waals surface area contributed by atoms with E-state index in [4.69, 9.17) is 5.11 Å². The number of carbonyl (C=O) groups excluding carboxylic acids is 1. The van der Waals surface area contributed by atoms with E-state index in [-0.39, 0.29) is 17.9 Å². The molecule has 0 spiro atoms. The Labute approximate surface area is 169 Å². The van der Waals surface area contributed by atoms with Crippen molar-refractivity contribution in [3.63, 3.8) is 0 Å². The molecule has 0 aliphatic carbocycles. The van der Waals surface area contributed by atoms with Crippen LogP contribution in [0.1, 0.15) is 23.7 Å². The summed E-state index contributed by atoms with van der Waals surface area (Å²) in [5.41, 5.74) is 1.07. The SMILES string of the molecule is C[C@@H](Sc1nc2ccccc2c(=O)n1CCCO)C(=O)c1ccc(Br)cc1. The predicted octanol–water partition coefficient (Wildman–Crippen LogP) is 3.90. The van der Waals surface area contributed by atoms with E-state index in [1.807, 2.05) is 25.1 Å². The minimum Gasteiger partial charge on any atom is -0.396 e. The first kappa shape index (κ1) is 19.8. The van der Waals surface area contributed by atoms with Crippen LogP contribution in [0.15, 0.2) is 63.0 Å². The van der Waals surface area contributed by atoms with Gasteiger partial charge in [-0.2, -0.15) is 0 Å². The van der Waals surface area contributed by atoms with Crippen LogP contribution in [0.5, 0.6) is 0 Å². The maximum Gasteiger partial charge on any atom is 0.262 e. The zero-order valence-corrected chi connectivity index (χ0v) is 17.2. The lowest BCUT2D eigenvalue weighted by Crippen LogP contribution is -2.25. The highest BCUT2D eigenvalue weighted by molar-refractivity contribution is 9.10. The van der Waals surface area contributed by atoms with Crippen LogP contribution in [0, 0.1) is 0 Å². The van der Waals surface area contributed by atoms with Gasteiger partial charge in [0, 0.05) is 23.2 Å². The number of aromatic nitrogens is 2. The molecule has 1 aromatic heterocycles. The number of Topliss-reactive ketones (excluding diaryl/α,β-unsaturated/α-hetero) is 1. The van der Waals surface area contributed by atoms with E-state index in [0.29, 0.717) is 34.6 Å². The number of aliphatic hydroxyl groups excluding tert-OH is 1. The molecule has 5 nitrogen and oxygen atoms in total. The van der Waals surface area contributed by atoms with Gasteiger partial charge in [0.25, 0.3) is 5.56 Å². The number of nitrogens with zero attached hydrogens (tertiary/aromatic N) is 2. The fraction of sp³-hybridized carbons (Fsp3) is 0.250. The van der Waals surface area contributed by atoms with Crippen molar-refractivity contribution in [1.82, 2.24) is 9.55 Å². The highest BCUT2D eigenvalue weighted by Gasteiger charge is 2.20. The second-order valence-electron chi connectivity index (χ2n) is 6.08. The summed E-state index contributed by atoms with van der Waals surface area (Å²) in [7, 11) is 0. The van der Waals surface area contributed by atoms with Crippen molar-refractivity contribution in [1.29, 1.82) is 0 Å². The van der Waals surface area contributed by atoms with E-state index in [2.05, 4.69) is 20.9 Å². The maximum atomic E-state index is 12.9. The van der Waals surface area contributed by atoms with Gasteiger partial charge >= 0.3 is 0 Å². The molecule has 0 saturated carbocycles. The third-order valence-electron chi connectivity index (χ3n) is 4.15. The highest BCUT2D eigenvalue weighted by Crippen LogP contribution is 2.25. The number of hydrogen-bond acceptors (Lipinski definition) is 5. The van der Waals surface area contributed by atoms with Gasteiger partial charge in [-0.25, -0.2) is 4.98 Å². The Morgan fingerprint density at radius 1 is 1.22 bits per heavy atom. The van der Waals surface area contributed by atoms with Gasteiger partial charge in [0.15, 0.2) is 10.9 Å². The Hall–Kier alpha value is -1.96. The van der Waals surface area contributed by atoms with E-state index < -0.39 is 5.25 Å². The first-order chi connectivity index (χ1) is 13.0. The molecule has 0 saturated heterocycles. The first-order valence-electron chi connectivity index (χ1n) is 8.58. The number of benzene rings is 2. The van der Waals surface area contributed by atoms with E-state index in [1.165, 1.54) is 11.8 Å². The lowest BCUT2D eigenvalue weighted by atomic mass is 10.1. The molecule has 0 amide bonds. The van der Waals surface area contributed by atoms with Gasteiger partial charge in [-0.1, -0.05) is 52.0 Å². The molecule has 3 rings (SSSR count). The highest BCUT2D eigenvalue weighted by atomic mass is 79.9. The van der Waals surface area contributed by atoms with E-state index >= 15 is 0 Å². The van der Waals surface area contributed by atoms with Crippen molar-refractivity contribution >= 4 is 44.4 Å². The first-order valence-corrected chi connectivity index (χ1v) is 10.3. The van der Waals surface area contributed by atoms with Gasteiger partial charge in [0.2, 0.25) is 0 Å². The number of hydrogen-bond donors (Lipinski definition) is 1. The normalized spacial score (nSPS) is 12.3. The third-order valence-corrected chi connectivity index (χ3v) is 5.77. The lowest BCUT2D eigenvalue weighted by Gasteiger charge is -2.15. The number of thioether (sulfide) groups is 1. The molecule has 3 aromatic rings. The van der Waals surface area contributed by atoms with Crippen LogP contribution in [0.2, 0.25) is 0 Å². The lowest BCUT2D eigenvalue weighted by molar-refractivity contribution is 0.0993. The standard InChI is InChI=1S/C20H19BrN2O3S/c1-13(18(25)14-7-9-15(21)10-8-14)27-20-22-17-6-3-2-5-16(17)19(26)23(20)11-4-12-24/h2-3,5-10,13,24H,4,11-12H2,1H3/t13-/m1/s1. The fourth-order valence-corrected chi connectivity index (χ4v) is 4.00. The summed E-state index contributed by atoms with van der Waals surface area (Å²) in [4.78, 5) is 30.2. The average Bonchev–Trinajstić information content (AvgIpc) is 2.68. The third kappa shape index (κ3) is 4.48. The second-order valence-corrected chi connectivity index (χ2v) is 8.30. The van der Waals surface area contributed by atoms with Crippen LogP contribution < -0.4 is 5.56 Å². The quantitative estimate of drug-likeness (QED) is 0.338. The van der Waals surface area contributed by atoms with Crippen LogP contribution in [0.3, 0.4) is 0 Å². The van der Waals surface area contributed by atoms with Crippen LogP contribution in [-0.2, 0) is 6.54 Å². The molecule has 0 unspecified atom stereocenters. The van der Waals surface area contributed by atoms with E-state index in [1.54, 1.807) is 34.9 Å². The monoisotopic (exact) mass is 446 g/mol. The topological polar surface area (TPSA) is 72.2 Å². The predicted molar refractivity (Wildman–Crippen MR) is 111 cm³/mol. The molecule has 1 heterocycles. The molecule has 1 atom stereocenters. The summed E-state index contributed by atoms with van der Waals surface area (Å²) in [6, 6.07) is 14.4. The number of para-hydroxylation sites is 1. The molecule has 0 fully saturated rings. The molecule has 7 heteroatoms. The van der Waals surface area contributed by atoms with Gasteiger partial charge in [-0.3, -0.25) is 14.2 Å². The number of rotatable bonds is 7. The molecule has 0 radical (unpaired) electrons. The molecule has 0 aliphatic rings. The summed E-state index contributed by atoms with van der Waals surface area (Å²) in [6.07, 6.45) is 0.447. The van der Waals surface area contributed by atoms with Crippen molar-refractivity contribution in [2.75, 3.05) is 6.61 Å². The Morgan fingerprint density at radius 3 is 2.63 bits per heavy atom. The molecule has 0 bridgehead atoms. The number of carbonyl (C=O) groups is 1. The summed E-state index contributed by atoms with van der Waals surface area (Å²) < 4.78 is 2.46. The minimum absolute atomic E-state index is 0.0171. The number of fused-ring (bicyclic) bond motifs is 1. The Balaban J connectivity index is 1.95. The van der Waals surface area contributed by atoms with Gasteiger partial charge < -0.3 is 5.11 Å². The minimum atomic E-state index is -0.403. The van der Waals surface area contributed by atoms with Gasteiger partial charge in [-0.05, 0) is 37.6 Å². The van der Waals surface area contributed by atoms with Crippen molar-refractivity contribution in [3.05, 3.63) is 68.9 Å². The van der Waals surface area contributed by atoms with Crippen LogP contribution in [0.25, 0.3) is 10.9 Å². The van der Waals surface area contributed by atoms with Gasteiger partial charge in [0.1, 0.15) is 0 Å². The smallest absolute Gasteiger partial charge is 0.262 e. The Bertz CT molecular complexity index is 1020. The Morgan fingerprint density at radius 2 is 1.93 bits per heavy atom. The summed E-state index contributed by atoms with van der Waals surface area (Å²) >= 11 is 4.63. The molecular formula is C20H19BrN2O3S. The van der Waals surface area contributed by atoms with Crippen LogP contribution in [0.4, 0.5) is 0 Å². The van der Waals surface area contributed by atoms with Gasteiger partial charge in [0.05, 0.1) is 16.2 Å². The molecule has 0 aliphatic heterocycles. The zero-order valence-electron chi connectivity index (χ0n) is 14.8. The second kappa shape index (κ2) is 8.82. The molecule has 27 heavy (non-hydrogen) atoms. The maximum absolute atomic E-state index is 12.9. The van der Waals surface area contributed by atoms with Crippen molar-refractivity contribution in [2.45, 2.75) is 30.3 Å². The van der Waals surface area contributed by atoms with E-state index in [0.717, 1.165) is 4.47 Å². The number of aliphatic hydroxyl groups is 1. The molecule has 1 N–H and O–H groups in total. The van der Waals surface area contributed by atoms with E-state index in [9.17, 15) is 9.59 Å². The largest absolute Gasteiger partial charge is 0.396 e. The molecule has 2 aromatic carbocycles. The van der Waals surface area contributed by atoms with Crippen LogP contribution >= 0.6 is 27.7 Å². The van der Waals surface area contributed by atoms with Crippen molar-refractivity contribution in [3.8, 4) is 0 Å². The van der Waals surface area contributed by atoms with Crippen molar-refractivity contribution < 1.29 is 9.90 Å². The fourth-order valence-electron chi connectivity index (χ4n) is 2.72. The zero-order chi connectivity index (χ0) is 19.4. The number of ketones is 1. The summed E-state index contributed by atoms with van der Waals surface area (Å²) in [5, 5.41) is 9.78. The Kier molecular flexibility index (Phi) is 6.46.